The Bertz CT molecular complexity index is 561. The average Bonchev–Trinajstić information content (AvgIpc) is 2.53. The van der Waals surface area contributed by atoms with E-state index in [9.17, 15) is 18.0 Å². The van der Waals surface area contributed by atoms with E-state index in [2.05, 4.69) is 0 Å². The Labute approximate surface area is 140 Å². The molecule has 1 heterocycles. The number of halogens is 3. The third-order valence-corrected chi connectivity index (χ3v) is 4.38. The van der Waals surface area contributed by atoms with Gasteiger partial charge in [-0.1, -0.05) is 13.3 Å². The van der Waals surface area contributed by atoms with Crippen LogP contribution in [0, 0.1) is 0 Å². The second kappa shape index (κ2) is 7.01. The molecule has 1 unspecified atom stereocenters. The van der Waals surface area contributed by atoms with Crippen molar-refractivity contribution in [2.24, 2.45) is 5.73 Å². The first-order chi connectivity index (χ1) is 11.1. The van der Waals surface area contributed by atoms with Crippen molar-refractivity contribution < 1.29 is 18.0 Å². The molecule has 1 aliphatic heterocycles. The fourth-order valence-corrected chi connectivity index (χ4v) is 3.02. The minimum Gasteiger partial charge on any atom is -0.368 e. The molecule has 0 bridgehead atoms. The van der Waals surface area contributed by atoms with Crippen LogP contribution in [-0.4, -0.2) is 42.5 Å². The fraction of sp³-hybridized carbons (Fsp3) is 0.588. The normalized spacial score (nSPS) is 18.4. The lowest BCUT2D eigenvalue weighted by Gasteiger charge is -2.39. The van der Waals surface area contributed by atoms with E-state index in [1.807, 2.05) is 11.8 Å². The lowest BCUT2D eigenvalue weighted by molar-refractivity contribution is -0.138. The molecule has 0 aromatic heterocycles. The molecular weight excluding hydrogens is 319 g/mol. The van der Waals surface area contributed by atoms with Crippen LogP contribution < -0.4 is 10.6 Å². The van der Waals surface area contributed by atoms with E-state index in [1.54, 1.807) is 11.8 Å². The Morgan fingerprint density at radius 3 is 2.12 bits per heavy atom. The molecule has 2 N–H and O–H groups in total. The Morgan fingerprint density at radius 1 is 1.12 bits per heavy atom. The summed E-state index contributed by atoms with van der Waals surface area (Å²) in [6, 6.07) is 5.13. The van der Waals surface area contributed by atoms with Crippen LogP contribution in [0.1, 0.15) is 32.3 Å². The summed E-state index contributed by atoms with van der Waals surface area (Å²) in [6.07, 6.45) is -2.86. The summed E-state index contributed by atoms with van der Waals surface area (Å²) in [5.41, 5.74) is 5.32. The van der Waals surface area contributed by atoms with Crippen LogP contribution in [0.2, 0.25) is 0 Å². The Hall–Kier alpha value is -1.76. The van der Waals surface area contributed by atoms with Gasteiger partial charge in [0.2, 0.25) is 5.91 Å². The summed E-state index contributed by atoms with van der Waals surface area (Å²) < 4.78 is 37.8. The summed E-state index contributed by atoms with van der Waals surface area (Å²) in [7, 11) is 0. The van der Waals surface area contributed by atoms with Crippen molar-refractivity contribution in [2.75, 3.05) is 31.1 Å². The minimum atomic E-state index is -4.32. The summed E-state index contributed by atoms with van der Waals surface area (Å²) >= 11 is 0. The number of piperazine rings is 1. The number of carbonyl (C=O) groups excluding carboxylic acids is 1. The van der Waals surface area contributed by atoms with Gasteiger partial charge >= 0.3 is 6.18 Å². The van der Waals surface area contributed by atoms with Gasteiger partial charge < -0.3 is 15.5 Å². The van der Waals surface area contributed by atoms with Gasteiger partial charge in [-0.25, -0.2) is 0 Å². The third-order valence-electron chi connectivity index (χ3n) is 4.38. The van der Waals surface area contributed by atoms with E-state index >= 15 is 0 Å². The number of nitrogens with zero attached hydrogens (tertiary/aromatic N) is 2. The molecule has 7 heteroatoms. The molecule has 4 nitrogen and oxygen atoms in total. The van der Waals surface area contributed by atoms with Crippen LogP contribution >= 0.6 is 0 Å². The van der Waals surface area contributed by atoms with Gasteiger partial charge in [-0.2, -0.15) is 13.2 Å². The van der Waals surface area contributed by atoms with Crippen LogP contribution in [0.4, 0.5) is 18.9 Å². The van der Waals surface area contributed by atoms with Gasteiger partial charge in [0.25, 0.3) is 0 Å². The molecule has 134 valence electrons. The Morgan fingerprint density at radius 2 is 1.67 bits per heavy atom. The molecule has 1 aromatic carbocycles. The molecule has 2 rings (SSSR count). The Balaban J connectivity index is 1.96. The first-order valence-electron chi connectivity index (χ1n) is 8.15. The fourth-order valence-electron chi connectivity index (χ4n) is 3.02. The van der Waals surface area contributed by atoms with E-state index in [0.29, 0.717) is 32.6 Å². The number of amides is 1. The summed E-state index contributed by atoms with van der Waals surface area (Å²) in [6.45, 7) is 5.95. The number of carbonyl (C=O) groups is 1. The molecule has 0 radical (unpaired) electrons. The number of nitrogens with two attached hydrogens (primary N) is 1. The number of alkyl halides is 3. The van der Waals surface area contributed by atoms with Gasteiger partial charge in [-0.05, 0) is 37.6 Å². The van der Waals surface area contributed by atoms with Gasteiger partial charge in [0.1, 0.15) is 0 Å². The first-order valence-corrected chi connectivity index (χ1v) is 8.15. The van der Waals surface area contributed by atoms with E-state index in [1.165, 1.54) is 12.1 Å². The van der Waals surface area contributed by atoms with Gasteiger partial charge in [0.15, 0.2) is 0 Å². The molecule has 1 aromatic rings. The van der Waals surface area contributed by atoms with Crippen molar-refractivity contribution in [3.8, 4) is 0 Å². The summed E-state index contributed by atoms with van der Waals surface area (Å²) in [4.78, 5) is 16.2. The van der Waals surface area contributed by atoms with Crippen LogP contribution in [0.15, 0.2) is 24.3 Å². The predicted octanol–water partition coefficient (Wildman–Crippen LogP) is 2.87. The van der Waals surface area contributed by atoms with Gasteiger partial charge in [0.05, 0.1) is 11.1 Å². The lowest BCUT2D eigenvalue weighted by Crippen LogP contribution is -2.58. The van der Waals surface area contributed by atoms with Crippen LogP contribution in [0.3, 0.4) is 0 Å². The van der Waals surface area contributed by atoms with Crippen LogP contribution in [0.5, 0.6) is 0 Å². The quantitative estimate of drug-likeness (QED) is 0.915. The third kappa shape index (κ3) is 4.20. The Kier molecular flexibility index (Phi) is 5.42. The maximum absolute atomic E-state index is 12.6. The molecule has 1 saturated heterocycles. The monoisotopic (exact) mass is 343 g/mol. The maximum atomic E-state index is 12.6. The second-order valence-corrected chi connectivity index (χ2v) is 6.49. The average molecular weight is 343 g/mol. The molecule has 1 aliphatic rings. The van der Waals surface area contributed by atoms with Crippen molar-refractivity contribution in [1.29, 1.82) is 0 Å². The largest absolute Gasteiger partial charge is 0.416 e. The van der Waals surface area contributed by atoms with Gasteiger partial charge in [-0.3, -0.25) is 4.79 Å². The molecule has 1 fully saturated rings. The summed E-state index contributed by atoms with van der Waals surface area (Å²) in [5.74, 6) is -0.0589. The SMILES string of the molecule is CCCC(C)(N)C(=O)N1CCN(c2ccc(C(F)(F)F)cc2)CC1. The molecule has 0 saturated carbocycles. The van der Waals surface area contributed by atoms with Crippen molar-refractivity contribution in [3.63, 3.8) is 0 Å². The highest BCUT2D eigenvalue weighted by Gasteiger charge is 2.34. The highest BCUT2D eigenvalue weighted by Crippen LogP contribution is 2.30. The van der Waals surface area contributed by atoms with Crippen molar-refractivity contribution in [2.45, 2.75) is 38.4 Å². The summed E-state index contributed by atoms with van der Waals surface area (Å²) in [5, 5.41) is 0. The molecule has 1 atom stereocenters. The topological polar surface area (TPSA) is 49.6 Å². The highest BCUT2D eigenvalue weighted by molar-refractivity contribution is 5.85. The van der Waals surface area contributed by atoms with E-state index in [4.69, 9.17) is 5.73 Å². The highest BCUT2D eigenvalue weighted by atomic mass is 19.4. The predicted molar refractivity (Wildman–Crippen MR) is 87.7 cm³/mol. The molecular formula is C17H24F3N3O. The standard InChI is InChI=1S/C17H24F3N3O/c1-3-8-16(2,21)15(24)23-11-9-22(10-12-23)14-6-4-13(5-7-14)17(18,19)20/h4-7H,3,8-12,21H2,1-2H3. The van der Waals surface area contributed by atoms with E-state index < -0.39 is 17.3 Å². The smallest absolute Gasteiger partial charge is 0.368 e. The number of benzene rings is 1. The maximum Gasteiger partial charge on any atom is 0.416 e. The zero-order chi connectivity index (χ0) is 18.0. The minimum absolute atomic E-state index is 0.0589. The molecule has 24 heavy (non-hydrogen) atoms. The number of hydrogen-bond donors (Lipinski definition) is 1. The number of anilines is 1. The second-order valence-electron chi connectivity index (χ2n) is 6.49. The van der Waals surface area contributed by atoms with Crippen molar-refractivity contribution in [1.82, 2.24) is 4.90 Å². The number of rotatable bonds is 4. The van der Waals surface area contributed by atoms with Crippen LogP contribution in [-0.2, 0) is 11.0 Å². The van der Waals surface area contributed by atoms with Crippen molar-refractivity contribution >= 4 is 11.6 Å². The van der Waals surface area contributed by atoms with Crippen molar-refractivity contribution in [3.05, 3.63) is 29.8 Å². The van der Waals surface area contributed by atoms with Gasteiger partial charge in [0, 0.05) is 31.9 Å². The first kappa shape index (κ1) is 18.6. The van der Waals surface area contributed by atoms with E-state index in [0.717, 1.165) is 24.2 Å². The molecule has 0 spiro atoms. The van der Waals surface area contributed by atoms with E-state index in [-0.39, 0.29) is 5.91 Å². The van der Waals surface area contributed by atoms with Gasteiger partial charge in [-0.15, -0.1) is 0 Å². The zero-order valence-corrected chi connectivity index (χ0v) is 14.1. The lowest BCUT2D eigenvalue weighted by atomic mass is 9.95. The van der Waals surface area contributed by atoms with Crippen LogP contribution in [0.25, 0.3) is 0 Å². The molecule has 0 aliphatic carbocycles. The number of hydrogen-bond acceptors (Lipinski definition) is 3. The zero-order valence-electron chi connectivity index (χ0n) is 14.1. The molecule has 1 amide bonds.